The first-order valence-corrected chi connectivity index (χ1v) is 7.94. The van der Waals surface area contributed by atoms with Crippen LogP contribution in [-0.2, 0) is 4.74 Å². The van der Waals surface area contributed by atoms with Crippen molar-refractivity contribution >= 4 is 0 Å². The summed E-state index contributed by atoms with van der Waals surface area (Å²) >= 11 is 0. The Kier molecular flexibility index (Phi) is 6.33. The van der Waals surface area contributed by atoms with Crippen molar-refractivity contribution in [3.63, 3.8) is 0 Å². The molecule has 1 aliphatic rings. The maximum Gasteiger partial charge on any atom is 0.128 e. The zero-order chi connectivity index (χ0) is 15.1. The van der Waals surface area contributed by atoms with E-state index in [4.69, 9.17) is 14.2 Å². The summed E-state index contributed by atoms with van der Waals surface area (Å²) in [5.74, 6) is 1.77. The van der Waals surface area contributed by atoms with E-state index in [1.54, 1.807) is 7.11 Å². The minimum atomic E-state index is 0.131. The minimum Gasteiger partial charge on any atom is -0.494 e. The van der Waals surface area contributed by atoms with Crippen LogP contribution in [0.15, 0.2) is 24.3 Å². The fourth-order valence-corrected chi connectivity index (χ4v) is 2.55. The maximum absolute atomic E-state index is 6.00. The summed E-state index contributed by atoms with van der Waals surface area (Å²) in [5.41, 5.74) is 0. The van der Waals surface area contributed by atoms with E-state index >= 15 is 0 Å². The van der Waals surface area contributed by atoms with Crippen LogP contribution in [-0.4, -0.2) is 38.5 Å². The highest BCUT2D eigenvalue weighted by atomic mass is 16.5. The van der Waals surface area contributed by atoms with Gasteiger partial charge in [-0.05, 0) is 43.7 Å². The first-order chi connectivity index (χ1) is 10.3. The fraction of sp³-hybridized carbons (Fsp3) is 0.647. The lowest BCUT2D eigenvalue weighted by Gasteiger charge is -2.43. The van der Waals surface area contributed by atoms with Gasteiger partial charge < -0.3 is 19.5 Å². The highest BCUT2D eigenvalue weighted by Crippen LogP contribution is 2.29. The summed E-state index contributed by atoms with van der Waals surface area (Å²) in [4.78, 5) is 0. The monoisotopic (exact) mass is 293 g/mol. The van der Waals surface area contributed by atoms with Gasteiger partial charge in [-0.15, -0.1) is 0 Å². The zero-order valence-electron chi connectivity index (χ0n) is 13.3. The minimum absolute atomic E-state index is 0.131. The number of methoxy groups -OCH3 is 1. The van der Waals surface area contributed by atoms with Gasteiger partial charge in [0.2, 0.25) is 0 Å². The second kappa shape index (κ2) is 8.25. The van der Waals surface area contributed by atoms with Crippen LogP contribution in [0, 0.1) is 0 Å². The van der Waals surface area contributed by atoms with Crippen LogP contribution in [0.4, 0.5) is 0 Å². The van der Waals surface area contributed by atoms with Gasteiger partial charge in [0.15, 0.2) is 0 Å². The van der Waals surface area contributed by atoms with E-state index in [2.05, 4.69) is 19.2 Å². The summed E-state index contributed by atoms with van der Waals surface area (Å²) in [7, 11) is 1.75. The molecule has 0 bridgehead atoms. The van der Waals surface area contributed by atoms with Crippen molar-refractivity contribution in [2.24, 2.45) is 0 Å². The Bertz CT molecular complexity index is 407. The van der Waals surface area contributed by atoms with E-state index in [-0.39, 0.29) is 12.2 Å². The SMILES string of the molecule is CCCNC1CC(Oc2ccc(OCCC)cc2)C1OC. The molecule has 1 fully saturated rings. The van der Waals surface area contributed by atoms with Gasteiger partial charge >= 0.3 is 0 Å². The van der Waals surface area contributed by atoms with E-state index in [1.807, 2.05) is 24.3 Å². The Morgan fingerprint density at radius 2 is 1.81 bits per heavy atom. The molecule has 1 N–H and O–H groups in total. The average Bonchev–Trinajstić information content (AvgIpc) is 2.49. The molecule has 4 heteroatoms. The lowest BCUT2D eigenvalue weighted by Crippen LogP contribution is -2.61. The molecule has 2 rings (SSSR count). The maximum atomic E-state index is 6.00. The number of hydrogen-bond donors (Lipinski definition) is 1. The molecular weight excluding hydrogens is 266 g/mol. The molecule has 0 radical (unpaired) electrons. The third-order valence-electron chi connectivity index (χ3n) is 3.76. The molecule has 0 heterocycles. The molecule has 1 aliphatic carbocycles. The van der Waals surface area contributed by atoms with Gasteiger partial charge in [0.1, 0.15) is 23.7 Å². The van der Waals surface area contributed by atoms with Crippen LogP contribution < -0.4 is 14.8 Å². The van der Waals surface area contributed by atoms with E-state index in [0.717, 1.165) is 43.9 Å². The van der Waals surface area contributed by atoms with E-state index < -0.39 is 0 Å². The number of ether oxygens (including phenoxy) is 3. The van der Waals surface area contributed by atoms with E-state index in [0.29, 0.717) is 6.04 Å². The van der Waals surface area contributed by atoms with Crippen molar-refractivity contribution in [3.05, 3.63) is 24.3 Å². The lowest BCUT2D eigenvalue weighted by molar-refractivity contribution is -0.0887. The number of benzene rings is 1. The quantitative estimate of drug-likeness (QED) is 0.760. The first kappa shape index (κ1) is 16.1. The van der Waals surface area contributed by atoms with E-state index in [1.165, 1.54) is 0 Å². The molecule has 1 aromatic rings. The van der Waals surface area contributed by atoms with Gasteiger partial charge in [0.25, 0.3) is 0 Å². The van der Waals surface area contributed by atoms with Crippen LogP contribution in [0.3, 0.4) is 0 Å². The van der Waals surface area contributed by atoms with Gasteiger partial charge in [-0.25, -0.2) is 0 Å². The summed E-state index contributed by atoms with van der Waals surface area (Å²) in [6, 6.07) is 8.25. The molecule has 21 heavy (non-hydrogen) atoms. The molecule has 0 aliphatic heterocycles. The average molecular weight is 293 g/mol. The molecule has 0 amide bonds. The smallest absolute Gasteiger partial charge is 0.128 e. The fourth-order valence-electron chi connectivity index (χ4n) is 2.55. The predicted octanol–water partition coefficient (Wildman–Crippen LogP) is 3.01. The number of nitrogens with one attached hydrogen (secondary N) is 1. The van der Waals surface area contributed by atoms with Crippen LogP contribution in [0.5, 0.6) is 11.5 Å². The third-order valence-corrected chi connectivity index (χ3v) is 3.76. The van der Waals surface area contributed by atoms with Crippen LogP contribution in [0.1, 0.15) is 33.1 Å². The number of rotatable bonds is 9. The highest BCUT2D eigenvalue weighted by Gasteiger charge is 2.42. The Morgan fingerprint density at radius 1 is 1.10 bits per heavy atom. The van der Waals surface area contributed by atoms with Crippen LogP contribution in [0.2, 0.25) is 0 Å². The molecule has 1 aromatic carbocycles. The molecule has 118 valence electrons. The van der Waals surface area contributed by atoms with Gasteiger partial charge in [0, 0.05) is 19.6 Å². The zero-order valence-corrected chi connectivity index (χ0v) is 13.3. The lowest BCUT2D eigenvalue weighted by atomic mass is 9.85. The Morgan fingerprint density at radius 3 is 2.43 bits per heavy atom. The molecule has 1 saturated carbocycles. The summed E-state index contributed by atoms with van der Waals surface area (Å²) in [5, 5.41) is 3.49. The molecule has 0 aromatic heterocycles. The van der Waals surface area contributed by atoms with Crippen molar-refractivity contribution in [1.29, 1.82) is 0 Å². The summed E-state index contributed by atoms with van der Waals surface area (Å²) in [6.07, 6.45) is 3.41. The molecule has 0 saturated heterocycles. The van der Waals surface area contributed by atoms with Crippen molar-refractivity contribution < 1.29 is 14.2 Å². The summed E-state index contributed by atoms with van der Waals surface area (Å²) in [6.45, 7) is 6.05. The Hall–Kier alpha value is -1.26. The van der Waals surface area contributed by atoms with Crippen molar-refractivity contribution in [2.45, 2.75) is 51.4 Å². The van der Waals surface area contributed by atoms with Gasteiger partial charge in [0.05, 0.1) is 6.61 Å². The van der Waals surface area contributed by atoms with Crippen molar-refractivity contribution in [2.75, 3.05) is 20.3 Å². The topological polar surface area (TPSA) is 39.7 Å². The second-order valence-corrected chi connectivity index (χ2v) is 5.47. The Labute approximate surface area is 127 Å². The van der Waals surface area contributed by atoms with E-state index in [9.17, 15) is 0 Å². The third kappa shape index (κ3) is 4.35. The molecule has 0 spiro atoms. The largest absolute Gasteiger partial charge is 0.494 e. The summed E-state index contributed by atoms with van der Waals surface area (Å²) < 4.78 is 17.1. The second-order valence-electron chi connectivity index (χ2n) is 5.47. The van der Waals surface area contributed by atoms with Crippen LogP contribution in [0.25, 0.3) is 0 Å². The van der Waals surface area contributed by atoms with Gasteiger partial charge in [-0.3, -0.25) is 0 Å². The predicted molar refractivity (Wildman–Crippen MR) is 84.1 cm³/mol. The molecule has 4 nitrogen and oxygen atoms in total. The van der Waals surface area contributed by atoms with Gasteiger partial charge in [-0.2, -0.15) is 0 Å². The first-order valence-electron chi connectivity index (χ1n) is 7.94. The standard InChI is InChI=1S/C17H27NO3/c1-4-10-18-15-12-16(17(15)19-3)21-14-8-6-13(7-9-14)20-11-5-2/h6-9,15-18H,4-5,10-12H2,1-3H3. The number of hydrogen-bond acceptors (Lipinski definition) is 4. The highest BCUT2D eigenvalue weighted by molar-refractivity contribution is 5.31. The molecule has 3 unspecified atom stereocenters. The Balaban J connectivity index is 1.82. The van der Waals surface area contributed by atoms with Crippen molar-refractivity contribution in [3.8, 4) is 11.5 Å². The molecule has 3 atom stereocenters. The van der Waals surface area contributed by atoms with Crippen LogP contribution >= 0.6 is 0 Å². The normalized spacial score (nSPS) is 24.4. The van der Waals surface area contributed by atoms with Gasteiger partial charge in [-0.1, -0.05) is 13.8 Å². The van der Waals surface area contributed by atoms with Crippen molar-refractivity contribution in [1.82, 2.24) is 5.32 Å². The molecular formula is C17H27NO3.